The van der Waals surface area contributed by atoms with Gasteiger partial charge in [0.25, 0.3) is 0 Å². The smallest absolute Gasteiger partial charge is 0.187 e. The number of aliphatic hydroxyl groups is 7. The average molecular weight is 455 g/mol. The van der Waals surface area contributed by atoms with Gasteiger partial charge < -0.3 is 54.7 Å². The van der Waals surface area contributed by atoms with E-state index in [9.17, 15) is 30.6 Å². The molecule has 2 fully saturated rings. The summed E-state index contributed by atoms with van der Waals surface area (Å²) in [6.45, 7) is 1.15. The lowest BCUT2D eigenvalue weighted by Crippen LogP contribution is -2.46. The maximum atomic E-state index is 10.3. The van der Waals surface area contributed by atoms with Gasteiger partial charge in [-0.25, -0.2) is 0 Å². The van der Waals surface area contributed by atoms with E-state index in [4.69, 9.17) is 24.1 Å². The number of ether oxygens (including phenoxy) is 4. The second-order valence-electron chi connectivity index (χ2n) is 8.15. The second-order valence-corrected chi connectivity index (χ2v) is 8.15. The Labute approximate surface area is 182 Å². The van der Waals surface area contributed by atoms with E-state index < -0.39 is 74.6 Å². The van der Waals surface area contributed by atoms with Gasteiger partial charge in [0.1, 0.15) is 48.8 Å². The largest absolute Gasteiger partial charge is 0.394 e. The highest BCUT2D eigenvalue weighted by atomic mass is 16.7. The first-order valence-corrected chi connectivity index (χ1v) is 11.1. The molecular formula is C20H38O11. The predicted molar refractivity (Wildman–Crippen MR) is 106 cm³/mol. The van der Waals surface area contributed by atoms with Crippen LogP contribution in [-0.2, 0) is 18.9 Å². The quantitative estimate of drug-likeness (QED) is 0.144. The number of rotatable bonds is 14. The monoisotopic (exact) mass is 454 g/mol. The lowest BCUT2D eigenvalue weighted by molar-refractivity contribution is -0.243. The standard InChI is InChI=1S/C20H38O11/c1-2-3-4-5-6-7-8-28-19-15(26)14(25)18(31-19)12(10-22)29-20-16(27)13(24)17(30-20)11(23)9-21/h11-27H,2-10H2,1H3/t11?,12?,13-,14-,15-,16-,17+,18+,19-,20?/m1/s1. The molecule has 10 atom stereocenters. The summed E-state index contributed by atoms with van der Waals surface area (Å²) in [7, 11) is 0. The molecule has 31 heavy (non-hydrogen) atoms. The molecule has 2 heterocycles. The first kappa shape index (κ1) is 26.8. The van der Waals surface area contributed by atoms with Gasteiger partial charge >= 0.3 is 0 Å². The third-order valence-electron chi connectivity index (χ3n) is 5.71. The van der Waals surface area contributed by atoms with Crippen molar-refractivity contribution in [2.24, 2.45) is 0 Å². The van der Waals surface area contributed by atoms with Gasteiger partial charge in [0.2, 0.25) is 0 Å². The van der Waals surface area contributed by atoms with Crippen LogP contribution in [0.1, 0.15) is 45.4 Å². The molecule has 0 aromatic carbocycles. The van der Waals surface area contributed by atoms with Crippen molar-refractivity contribution in [2.75, 3.05) is 19.8 Å². The molecule has 0 aliphatic carbocycles. The van der Waals surface area contributed by atoms with Crippen molar-refractivity contribution in [3.63, 3.8) is 0 Å². The maximum absolute atomic E-state index is 10.3. The molecule has 0 saturated carbocycles. The molecule has 2 saturated heterocycles. The van der Waals surface area contributed by atoms with Crippen LogP contribution in [0.15, 0.2) is 0 Å². The molecule has 2 aliphatic heterocycles. The predicted octanol–water partition coefficient (Wildman–Crippen LogP) is -2.01. The Morgan fingerprint density at radius 3 is 1.97 bits per heavy atom. The van der Waals surface area contributed by atoms with Gasteiger partial charge in [0.15, 0.2) is 12.6 Å². The van der Waals surface area contributed by atoms with Crippen LogP contribution in [0.4, 0.5) is 0 Å². The van der Waals surface area contributed by atoms with E-state index in [0.717, 1.165) is 32.1 Å². The Bertz CT molecular complexity index is 496. The van der Waals surface area contributed by atoms with Gasteiger partial charge in [-0.15, -0.1) is 0 Å². The van der Waals surface area contributed by atoms with Crippen molar-refractivity contribution in [1.82, 2.24) is 0 Å². The summed E-state index contributed by atoms with van der Waals surface area (Å²) in [5, 5.41) is 69.0. The first-order valence-electron chi connectivity index (χ1n) is 11.1. The van der Waals surface area contributed by atoms with Crippen LogP contribution in [-0.4, -0.2) is 117 Å². The summed E-state index contributed by atoms with van der Waals surface area (Å²) in [4.78, 5) is 0. The molecule has 11 nitrogen and oxygen atoms in total. The highest BCUT2D eigenvalue weighted by Gasteiger charge is 2.51. The maximum Gasteiger partial charge on any atom is 0.187 e. The topological polar surface area (TPSA) is 179 Å². The number of unbranched alkanes of at least 4 members (excludes halogenated alkanes) is 5. The minimum Gasteiger partial charge on any atom is -0.394 e. The molecule has 2 aliphatic rings. The molecule has 0 amide bonds. The van der Waals surface area contributed by atoms with Crippen LogP contribution < -0.4 is 0 Å². The average Bonchev–Trinajstić information content (AvgIpc) is 3.21. The van der Waals surface area contributed by atoms with Gasteiger partial charge in [0.05, 0.1) is 13.2 Å². The zero-order valence-electron chi connectivity index (χ0n) is 17.9. The lowest BCUT2D eigenvalue weighted by Gasteiger charge is -2.28. The number of hydrogen-bond donors (Lipinski definition) is 7. The summed E-state index contributed by atoms with van der Waals surface area (Å²) in [5.41, 5.74) is 0. The Kier molecular flexibility index (Phi) is 11.5. The van der Waals surface area contributed by atoms with Gasteiger partial charge in [0, 0.05) is 6.61 Å². The molecule has 0 radical (unpaired) electrons. The Morgan fingerprint density at radius 1 is 0.742 bits per heavy atom. The summed E-state index contributed by atoms with van der Waals surface area (Å²) in [5.74, 6) is 0. The van der Waals surface area contributed by atoms with Gasteiger partial charge in [-0.3, -0.25) is 0 Å². The van der Waals surface area contributed by atoms with E-state index in [1.807, 2.05) is 0 Å². The van der Waals surface area contributed by atoms with E-state index in [1.54, 1.807) is 0 Å². The molecular weight excluding hydrogens is 416 g/mol. The fourth-order valence-corrected chi connectivity index (χ4v) is 3.80. The third-order valence-corrected chi connectivity index (χ3v) is 5.71. The fraction of sp³-hybridized carbons (Fsp3) is 1.00. The van der Waals surface area contributed by atoms with Crippen molar-refractivity contribution < 1.29 is 54.7 Å². The van der Waals surface area contributed by atoms with E-state index in [0.29, 0.717) is 6.61 Å². The molecule has 0 aromatic heterocycles. The Balaban J connectivity index is 1.84. The fourth-order valence-electron chi connectivity index (χ4n) is 3.80. The van der Waals surface area contributed by atoms with Gasteiger partial charge in [-0.05, 0) is 6.42 Å². The summed E-state index contributed by atoms with van der Waals surface area (Å²) in [6, 6.07) is 0. The van der Waals surface area contributed by atoms with Crippen molar-refractivity contribution in [2.45, 2.75) is 107 Å². The van der Waals surface area contributed by atoms with Crippen LogP contribution in [0.3, 0.4) is 0 Å². The molecule has 184 valence electrons. The third kappa shape index (κ3) is 7.02. The van der Waals surface area contributed by atoms with E-state index in [1.165, 1.54) is 6.42 Å². The van der Waals surface area contributed by atoms with E-state index in [2.05, 4.69) is 6.92 Å². The van der Waals surface area contributed by atoms with Crippen LogP contribution in [0, 0.1) is 0 Å². The van der Waals surface area contributed by atoms with Gasteiger partial charge in [-0.2, -0.15) is 0 Å². The molecule has 7 N–H and O–H groups in total. The van der Waals surface area contributed by atoms with Crippen molar-refractivity contribution in [3.8, 4) is 0 Å². The molecule has 2 rings (SSSR count). The highest BCUT2D eigenvalue weighted by Crippen LogP contribution is 2.30. The van der Waals surface area contributed by atoms with Crippen LogP contribution >= 0.6 is 0 Å². The molecule has 11 heteroatoms. The minimum absolute atomic E-state index is 0.343. The summed E-state index contributed by atoms with van der Waals surface area (Å²) in [6.07, 6.45) is -7.17. The summed E-state index contributed by atoms with van der Waals surface area (Å²) >= 11 is 0. The van der Waals surface area contributed by atoms with Crippen LogP contribution in [0.25, 0.3) is 0 Å². The molecule has 3 unspecified atom stereocenters. The number of hydrogen-bond acceptors (Lipinski definition) is 11. The minimum atomic E-state index is -1.57. The van der Waals surface area contributed by atoms with E-state index >= 15 is 0 Å². The van der Waals surface area contributed by atoms with Crippen molar-refractivity contribution >= 4 is 0 Å². The highest BCUT2D eigenvalue weighted by molar-refractivity contribution is 4.94. The molecule has 0 aromatic rings. The van der Waals surface area contributed by atoms with Crippen LogP contribution in [0.5, 0.6) is 0 Å². The Morgan fingerprint density at radius 2 is 1.32 bits per heavy atom. The zero-order chi connectivity index (χ0) is 23.0. The zero-order valence-corrected chi connectivity index (χ0v) is 17.9. The normalized spacial score (nSPS) is 37.9. The van der Waals surface area contributed by atoms with Gasteiger partial charge in [-0.1, -0.05) is 39.0 Å². The molecule has 0 bridgehead atoms. The lowest BCUT2D eigenvalue weighted by atomic mass is 10.1. The first-order chi connectivity index (χ1) is 14.8. The number of aliphatic hydroxyl groups excluding tert-OH is 7. The second kappa shape index (κ2) is 13.3. The Hall–Kier alpha value is -0.440. The van der Waals surface area contributed by atoms with Crippen molar-refractivity contribution in [1.29, 1.82) is 0 Å². The van der Waals surface area contributed by atoms with Crippen molar-refractivity contribution in [3.05, 3.63) is 0 Å². The molecule has 0 spiro atoms. The van der Waals surface area contributed by atoms with Crippen LogP contribution in [0.2, 0.25) is 0 Å². The summed E-state index contributed by atoms with van der Waals surface area (Å²) < 4.78 is 21.8. The van der Waals surface area contributed by atoms with E-state index in [-0.39, 0.29) is 0 Å². The SMILES string of the molecule is CCCCCCCCO[C@@H]1O[C@@H](C(CO)OC2O[C@@H](C(O)CO)[C@H](O)[C@H]2O)[C@H](O)[C@H]1O.